The van der Waals surface area contributed by atoms with Crippen LogP contribution >= 0.6 is 0 Å². The Morgan fingerprint density at radius 1 is 1.00 bits per heavy atom. The van der Waals surface area contributed by atoms with Gasteiger partial charge in [-0.2, -0.15) is 5.06 Å². The topological polar surface area (TPSA) is 137 Å². The van der Waals surface area contributed by atoms with Crippen molar-refractivity contribution in [2.24, 2.45) is 5.92 Å². The predicted octanol–water partition coefficient (Wildman–Crippen LogP) is 5.47. The monoisotopic (exact) mass is 594 g/mol. The van der Waals surface area contributed by atoms with Gasteiger partial charge in [0.15, 0.2) is 0 Å². The highest BCUT2D eigenvalue weighted by Gasteiger charge is 2.33. The number of piperidine rings is 1. The molecular formula is C32H42N4O7. The molecule has 3 fully saturated rings. The van der Waals surface area contributed by atoms with E-state index >= 15 is 0 Å². The molecule has 2 aromatic carbocycles. The third-order valence-electron chi connectivity index (χ3n) is 8.52. The van der Waals surface area contributed by atoms with Gasteiger partial charge < -0.3 is 24.9 Å². The molecule has 2 aliphatic heterocycles. The maximum atomic E-state index is 12.4. The average molecular weight is 595 g/mol. The second-order valence-corrected chi connectivity index (χ2v) is 11.4. The van der Waals surface area contributed by atoms with Crippen LogP contribution in [0.1, 0.15) is 62.0 Å². The standard InChI is InChI=1S/C16H21N3O5.C16H21NO2/c1-2-9-18(14-7-10-17(21)11-8-14)16(20)24-12-13-3-5-15(6-4-13)19(22)23;18-15-7-5-12(6-8-15)14-9-10-17(11-14)16(19)13-3-1-2-4-13/h2-6,14,21H,1,7-12H2;5-8,13-14,18H,1-4,9-11H2. The maximum Gasteiger partial charge on any atom is 0.410 e. The maximum absolute atomic E-state index is 12.4. The largest absolute Gasteiger partial charge is 0.508 e. The molecule has 0 aromatic heterocycles. The number of aromatic hydroxyl groups is 1. The summed E-state index contributed by atoms with van der Waals surface area (Å²) in [6.07, 6.45) is 8.15. The quantitative estimate of drug-likeness (QED) is 0.233. The molecule has 2 heterocycles. The van der Waals surface area contributed by atoms with Crippen LogP contribution < -0.4 is 0 Å². The van der Waals surface area contributed by atoms with Crippen LogP contribution in [0.2, 0.25) is 0 Å². The van der Waals surface area contributed by atoms with Crippen LogP contribution in [0.5, 0.6) is 5.75 Å². The first-order valence-electron chi connectivity index (χ1n) is 15.0. The molecule has 1 aliphatic carbocycles. The summed E-state index contributed by atoms with van der Waals surface area (Å²) < 4.78 is 5.32. The molecule has 0 bridgehead atoms. The lowest BCUT2D eigenvalue weighted by Crippen LogP contribution is -2.46. The Hall–Kier alpha value is -3.96. The highest BCUT2D eigenvalue weighted by atomic mass is 16.6. The molecule has 232 valence electrons. The number of non-ortho nitro benzene ring substituents is 1. The zero-order chi connectivity index (χ0) is 30.8. The highest BCUT2D eigenvalue weighted by molar-refractivity contribution is 5.79. The lowest BCUT2D eigenvalue weighted by Gasteiger charge is -2.35. The van der Waals surface area contributed by atoms with Gasteiger partial charge in [-0.25, -0.2) is 4.79 Å². The minimum Gasteiger partial charge on any atom is -0.508 e. The fourth-order valence-corrected chi connectivity index (χ4v) is 6.03. The van der Waals surface area contributed by atoms with Crippen molar-refractivity contribution in [3.05, 3.63) is 82.4 Å². The summed E-state index contributed by atoms with van der Waals surface area (Å²) in [4.78, 5) is 38.5. The number of nitrogens with zero attached hydrogens (tertiary/aromatic N) is 4. The van der Waals surface area contributed by atoms with E-state index in [1.54, 1.807) is 35.2 Å². The van der Waals surface area contributed by atoms with Gasteiger partial charge in [0.2, 0.25) is 5.91 Å². The summed E-state index contributed by atoms with van der Waals surface area (Å²) in [6, 6.07) is 13.3. The Morgan fingerprint density at radius 2 is 1.65 bits per heavy atom. The summed E-state index contributed by atoms with van der Waals surface area (Å²) in [5, 5.41) is 30.6. The van der Waals surface area contributed by atoms with E-state index in [0.29, 0.717) is 61.5 Å². The van der Waals surface area contributed by atoms with Crippen LogP contribution in [0.3, 0.4) is 0 Å². The van der Waals surface area contributed by atoms with Crippen LogP contribution in [0.15, 0.2) is 61.2 Å². The number of rotatable bonds is 8. The van der Waals surface area contributed by atoms with Gasteiger partial charge in [0.25, 0.3) is 5.69 Å². The second kappa shape index (κ2) is 15.5. The fourth-order valence-electron chi connectivity index (χ4n) is 6.03. The molecule has 0 spiro atoms. The fraction of sp³-hybridized carbons (Fsp3) is 0.500. The molecule has 2 amide bonds. The molecule has 2 aromatic rings. The Kier molecular flexibility index (Phi) is 11.5. The molecule has 43 heavy (non-hydrogen) atoms. The Bertz CT molecular complexity index is 1220. The molecular weight excluding hydrogens is 552 g/mol. The summed E-state index contributed by atoms with van der Waals surface area (Å²) in [6.45, 7) is 6.83. The number of hydrogen-bond acceptors (Lipinski definition) is 8. The minimum atomic E-state index is -0.477. The van der Waals surface area contributed by atoms with Crippen LogP contribution in [-0.2, 0) is 16.1 Å². The molecule has 0 radical (unpaired) electrons. The number of phenols is 1. The Morgan fingerprint density at radius 3 is 2.26 bits per heavy atom. The molecule has 1 atom stereocenters. The van der Waals surface area contributed by atoms with Gasteiger partial charge in [-0.05, 0) is 67.5 Å². The third kappa shape index (κ3) is 9.01. The van der Waals surface area contributed by atoms with Gasteiger partial charge in [-0.3, -0.25) is 14.9 Å². The van der Waals surface area contributed by atoms with E-state index in [2.05, 4.69) is 6.58 Å². The number of benzene rings is 2. The van der Waals surface area contributed by atoms with E-state index in [-0.39, 0.29) is 18.3 Å². The molecule has 11 nitrogen and oxygen atoms in total. The molecule has 2 N–H and O–H groups in total. The SMILES string of the molecule is C=CCN(C(=O)OCc1ccc([N+](=O)[O-])cc1)C1CCN(O)CC1.O=C(C1CCCC1)N1CCC(c2ccc(O)cc2)C1. The highest BCUT2D eigenvalue weighted by Crippen LogP contribution is 2.32. The average Bonchev–Trinajstić information content (AvgIpc) is 3.73. The normalized spacial score (nSPS) is 19.4. The number of carbonyl (C=O) groups excluding carboxylic acids is 2. The van der Waals surface area contributed by atoms with E-state index in [1.165, 1.54) is 35.6 Å². The van der Waals surface area contributed by atoms with Gasteiger partial charge in [0.1, 0.15) is 12.4 Å². The summed E-state index contributed by atoms with van der Waals surface area (Å²) in [5.74, 6) is 1.41. The van der Waals surface area contributed by atoms with E-state index in [1.807, 2.05) is 17.0 Å². The summed E-state index contributed by atoms with van der Waals surface area (Å²) >= 11 is 0. The Labute approximate surface area is 252 Å². The van der Waals surface area contributed by atoms with Crippen LogP contribution in [0.25, 0.3) is 0 Å². The van der Waals surface area contributed by atoms with Gasteiger partial charge in [0.05, 0.1) is 4.92 Å². The lowest BCUT2D eigenvalue weighted by molar-refractivity contribution is -0.384. The van der Waals surface area contributed by atoms with Gasteiger partial charge in [-0.15, -0.1) is 6.58 Å². The first kappa shape index (κ1) is 32.0. The first-order chi connectivity index (χ1) is 20.7. The van der Waals surface area contributed by atoms with E-state index in [4.69, 9.17) is 4.74 Å². The number of ether oxygens (including phenoxy) is 1. The van der Waals surface area contributed by atoms with Crippen molar-refractivity contribution in [2.75, 3.05) is 32.7 Å². The minimum absolute atomic E-state index is 0.00393. The number of nitro benzene ring substituents is 1. The third-order valence-corrected chi connectivity index (χ3v) is 8.52. The van der Waals surface area contributed by atoms with Crippen molar-refractivity contribution in [3.8, 4) is 5.75 Å². The van der Waals surface area contributed by atoms with Crippen molar-refractivity contribution >= 4 is 17.7 Å². The predicted molar refractivity (Wildman–Crippen MR) is 161 cm³/mol. The van der Waals surface area contributed by atoms with Gasteiger partial charge in [-0.1, -0.05) is 31.1 Å². The summed E-state index contributed by atoms with van der Waals surface area (Å²) in [5.41, 5.74) is 1.91. The van der Waals surface area contributed by atoms with Crippen molar-refractivity contribution in [1.29, 1.82) is 0 Å². The number of likely N-dealkylation sites (tertiary alicyclic amines) is 1. The zero-order valence-electron chi connectivity index (χ0n) is 24.6. The van der Waals surface area contributed by atoms with Crippen molar-refractivity contribution in [1.82, 2.24) is 14.9 Å². The lowest BCUT2D eigenvalue weighted by atomic mass is 9.98. The number of carbonyl (C=O) groups is 2. The van der Waals surface area contributed by atoms with Crippen LogP contribution in [-0.4, -0.2) is 80.9 Å². The number of phenolic OH excluding ortho intramolecular Hbond substituents is 1. The van der Waals surface area contributed by atoms with Crippen LogP contribution in [0, 0.1) is 16.0 Å². The van der Waals surface area contributed by atoms with Gasteiger partial charge in [0, 0.05) is 62.7 Å². The molecule has 2 saturated heterocycles. The smallest absolute Gasteiger partial charge is 0.410 e. The number of amides is 2. The number of hydrogen-bond donors (Lipinski definition) is 2. The van der Waals surface area contributed by atoms with Crippen LogP contribution in [0.4, 0.5) is 10.5 Å². The molecule has 1 unspecified atom stereocenters. The van der Waals surface area contributed by atoms with E-state index < -0.39 is 11.0 Å². The van der Waals surface area contributed by atoms with E-state index in [9.17, 15) is 30.0 Å². The first-order valence-corrected chi connectivity index (χ1v) is 15.0. The van der Waals surface area contributed by atoms with Crippen molar-refractivity contribution in [3.63, 3.8) is 0 Å². The summed E-state index contributed by atoms with van der Waals surface area (Å²) in [7, 11) is 0. The van der Waals surface area contributed by atoms with Crippen molar-refractivity contribution < 1.29 is 29.6 Å². The van der Waals surface area contributed by atoms with E-state index in [0.717, 1.165) is 32.4 Å². The zero-order valence-corrected chi connectivity index (χ0v) is 24.6. The number of hydroxylamine groups is 2. The van der Waals surface area contributed by atoms with Gasteiger partial charge >= 0.3 is 6.09 Å². The number of nitro groups is 1. The molecule has 11 heteroatoms. The molecule has 3 aliphatic rings. The van der Waals surface area contributed by atoms with Crippen molar-refractivity contribution in [2.45, 2.75) is 63.5 Å². The second-order valence-electron chi connectivity index (χ2n) is 11.4. The molecule has 1 saturated carbocycles. The molecule has 5 rings (SSSR count). The Balaban J connectivity index is 0.000000202.